The Morgan fingerprint density at radius 1 is 1.15 bits per heavy atom. The molecule has 0 unspecified atom stereocenters. The fraction of sp³-hybridized carbons (Fsp3) is 0.650. The van der Waals surface area contributed by atoms with Gasteiger partial charge in [-0.2, -0.15) is 0 Å². The smallest absolute Gasteiger partial charge is 0.311 e. The van der Waals surface area contributed by atoms with Crippen LogP contribution in [0.3, 0.4) is 0 Å². The van der Waals surface area contributed by atoms with E-state index < -0.39 is 11.4 Å². The number of hydrogen-bond acceptors (Lipinski definition) is 5. The normalized spacial score (nSPS) is 28.9. The Bertz CT molecular complexity index is 734. The van der Waals surface area contributed by atoms with E-state index in [0.29, 0.717) is 30.9 Å². The summed E-state index contributed by atoms with van der Waals surface area (Å²) < 4.78 is 0. The predicted molar refractivity (Wildman–Crippen MR) is 102 cm³/mol. The molecule has 7 heteroatoms. The summed E-state index contributed by atoms with van der Waals surface area (Å²) in [5.74, 6) is 0.0584. The van der Waals surface area contributed by atoms with Crippen molar-refractivity contribution in [2.75, 3.05) is 44.7 Å². The topological polar surface area (TPSA) is 77.0 Å². The lowest BCUT2D eigenvalue weighted by atomic mass is 9.68. The number of nitrogens with zero attached hydrogens (tertiary/aromatic N) is 4. The molecular formula is C20H28N4O3. The minimum absolute atomic E-state index is 0.0441. The summed E-state index contributed by atoms with van der Waals surface area (Å²) >= 11 is 0. The standard InChI is InChI=1S/C20H28N4O3/c1-22-10-5-7-20(19(26)27)8-13-24(14-16(20)22)17-15(6-4-9-21-17)18(25)23-11-2-3-12-23/h4,6,9,16H,2-3,5,7-8,10-14H2,1H3,(H,26,27)/t16-,20+/m1/s1. The molecule has 27 heavy (non-hydrogen) atoms. The van der Waals surface area contributed by atoms with Crippen LogP contribution in [0.4, 0.5) is 5.82 Å². The highest BCUT2D eigenvalue weighted by atomic mass is 16.4. The van der Waals surface area contributed by atoms with Crippen LogP contribution in [0.25, 0.3) is 0 Å². The molecule has 0 spiro atoms. The van der Waals surface area contributed by atoms with Crippen molar-refractivity contribution in [1.82, 2.24) is 14.8 Å². The summed E-state index contributed by atoms with van der Waals surface area (Å²) in [4.78, 5) is 35.8. The molecule has 2 atom stereocenters. The molecule has 3 fully saturated rings. The number of carboxylic acid groups (broad SMARTS) is 1. The van der Waals surface area contributed by atoms with E-state index in [1.807, 2.05) is 24.1 Å². The van der Waals surface area contributed by atoms with Crippen LogP contribution in [0.5, 0.6) is 0 Å². The molecule has 0 bridgehead atoms. The number of hydrogen-bond donors (Lipinski definition) is 1. The minimum atomic E-state index is -0.687. The van der Waals surface area contributed by atoms with Crippen LogP contribution in [0.15, 0.2) is 18.3 Å². The van der Waals surface area contributed by atoms with Crippen molar-refractivity contribution in [1.29, 1.82) is 0 Å². The van der Waals surface area contributed by atoms with E-state index in [9.17, 15) is 14.7 Å². The molecular weight excluding hydrogens is 344 g/mol. The Morgan fingerprint density at radius 3 is 2.67 bits per heavy atom. The molecule has 4 rings (SSSR count). The maximum Gasteiger partial charge on any atom is 0.311 e. The SMILES string of the molecule is CN1CCC[C@]2(C(=O)O)CCN(c3ncccc3C(=O)N3CCCC3)C[C@@H]12. The number of rotatable bonds is 3. The van der Waals surface area contributed by atoms with Gasteiger partial charge in [0.2, 0.25) is 0 Å². The number of amides is 1. The number of likely N-dealkylation sites (tertiary alicyclic amines) is 2. The van der Waals surface area contributed by atoms with E-state index >= 15 is 0 Å². The highest BCUT2D eigenvalue weighted by Gasteiger charge is 2.52. The number of carboxylic acids is 1. The van der Waals surface area contributed by atoms with Crippen molar-refractivity contribution in [3.63, 3.8) is 0 Å². The summed E-state index contributed by atoms with van der Waals surface area (Å²) in [6, 6.07) is 3.60. The van der Waals surface area contributed by atoms with Gasteiger partial charge in [0.15, 0.2) is 0 Å². The highest BCUT2D eigenvalue weighted by molar-refractivity contribution is 5.99. The summed E-state index contributed by atoms with van der Waals surface area (Å²) in [5, 5.41) is 9.96. The van der Waals surface area contributed by atoms with Gasteiger partial charge in [0, 0.05) is 38.4 Å². The molecule has 3 saturated heterocycles. The Hall–Kier alpha value is -2.15. The quantitative estimate of drug-likeness (QED) is 0.870. The van der Waals surface area contributed by atoms with Crippen LogP contribution in [0, 0.1) is 5.41 Å². The van der Waals surface area contributed by atoms with Crippen molar-refractivity contribution < 1.29 is 14.7 Å². The van der Waals surface area contributed by atoms with Gasteiger partial charge < -0.3 is 19.8 Å². The zero-order valence-corrected chi connectivity index (χ0v) is 15.9. The Balaban J connectivity index is 1.62. The monoisotopic (exact) mass is 372 g/mol. The molecule has 0 radical (unpaired) electrons. The lowest BCUT2D eigenvalue weighted by molar-refractivity contribution is -0.158. The number of anilines is 1. The van der Waals surface area contributed by atoms with E-state index in [0.717, 1.165) is 45.3 Å². The van der Waals surface area contributed by atoms with Gasteiger partial charge in [-0.25, -0.2) is 4.98 Å². The first-order valence-corrected chi connectivity index (χ1v) is 9.96. The zero-order chi connectivity index (χ0) is 19.0. The van der Waals surface area contributed by atoms with Gasteiger partial charge in [-0.1, -0.05) is 0 Å². The Morgan fingerprint density at radius 2 is 1.93 bits per heavy atom. The molecule has 146 valence electrons. The van der Waals surface area contributed by atoms with E-state index in [1.54, 1.807) is 6.20 Å². The predicted octanol–water partition coefficient (Wildman–Crippen LogP) is 1.69. The van der Waals surface area contributed by atoms with Gasteiger partial charge in [0.05, 0.1) is 11.0 Å². The molecule has 0 aliphatic carbocycles. The summed E-state index contributed by atoms with van der Waals surface area (Å²) in [5.41, 5.74) is -0.0436. The zero-order valence-electron chi connectivity index (χ0n) is 15.9. The third-order valence-corrected chi connectivity index (χ3v) is 6.66. The number of likely N-dealkylation sites (N-methyl/N-ethyl adjacent to an activating group) is 1. The number of fused-ring (bicyclic) bond motifs is 1. The van der Waals surface area contributed by atoms with Crippen molar-refractivity contribution in [3.8, 4) is 0 Å². The molecule has 1 aromatic heterocycles. The van der Waals surface area contributed by atoms with Crippen molar-refractivity contribution >= 4 is 17.7 Å². The molecule has 1 N–H and O–H groups in total. The third kappa shape index (κ3) is 3.08. The first-order chi connectivity index (χ1) is 13.0. The third-order valence-electron chi connectivity index (χ3n) is 6.66. The molecule has 3 aliphatic rings. The van der Waals surface area contributed by atoms with Crippen LogP contribution in [0.1, 0.15) is 42.5 Å². The minimum Gasteiger partial charge on any atom is -0.481 e. The molecule has 7 nitrogen and oxygen atoms in total. The van der Waals surface area contributed by atoms with Crippen LogP contribution >= 0.6 is 0 Å². The van der Waals surface area contributed by atoms with Gasteiger partial charge in [0.1, 0.15) is 5.82 Å². The van der Waals surface area contributed by atoms with Crippen LogP contribution in [0.2, 0.25) is 0 Å². The number of aliphatic carboxylic acids is 1. The van der Waals surface area contributed by atoms with Crippen molar-refractivity contribution in [2.45, 2.75) is 38.1 Å². The number of carbonyl (C=O) groups is 2. The van der Waals surface area contributed by atoms with Crippen LogP contribution in [-0.4, -0.2) is 77.6 Å². The first kappa shape index (κ1) is 18.2. The molecule has 1 amide bonds. The second-order valence-corrected chi connectivity index (χ2v) is 8.13. The van der Waals surface area contributed by atoms with Crippen LogP contribution in [-0.2, 0) is 4.79 Å². The largest absolute Gasteiger partial charge is 0.481 e. The van der Waals surface area contributed by atoms with Gasteiger partial charge in [-0.05, 0) is 57.8 Å². The first-order valence-electron chi connectivity index (χ1n) is 9.96. The molecule has 3 aliphatic heterocycles. The average Bonchev–Trinajstić information content (AvgIpc) is 3.22. The Kier molecular flexibility index (Phi) is 4.80. The number of aromatic nitrogens is 1. The summed E-state index contributed by atoms with van der Waals surface area (Å²) in [6.07, 6.45) is 6.07. The highest BCUT2D eigenvalue weighted by Crippen LogP contribution is 2.43. The summed E-state index contributed by atoms with van der Waals surface area (Å²) in [6.45, 7) is 3.74. The van der Waals surface area contributed by atoms with E-state index in [-0.39, 0.29) is 11.9 Å². The number of piperidine rings is 2. The van der Waals surface area contributed by atoms with Gasteiger partial charge in [-0.3, -0.25) is 9.59 Å². The average molecular weight is 372 g/mol. The lowest BCUT2D eigenvalue weighted by Gasteiger charge is -2.52. The fourth-order valence-corrected chi connectivity index (χ4v) is 5.08. The lowest BCUT2D eigenvalue weighted by Crippen LogP contribution is -2.63. The van der Waals surface area contributed by atoms with Gasteiger partial charge >= 0.3 is 5.97 Å². The molecule has 4 heterocycles. The summed E-state index contributed by atoms with van der Waals surface area (Å²) in [7, 11) is 2.01. The van der Waals surface area contributed by atoms with E-state index in [2.05, 4.69) is 14.8 Å². The number of pyridine rings is 1. The second kappa shape index (κ2) is 7.11. The van der Waals surface area contributed by atoms with E-state index in [1.165, 1.54) is 0 Å². The van der Waals surface area contributed by atoms with Crippen LogP contribution < -0.4 is 4.90 Å². The van der Waals surface area contributed by atoms with Crippen molar-refractivity contribution in [3.05, 3.63) is 23.9 Å². The van der Waals surface area contributed by atoms with Crippen molar-refractivity contribution in [2.24, 2.45) is 5.41 Å². The maximum absolute atomic E-state index is 13.0. The second-order valence-electron chi connectivity index (χ2n) is 8.13. The van der Waals surface area contributed by atoms with E-state index in [4.69, 9.17) is 0 Å². The molecule has 0 saturated carbocycles. The molecule has 1 aromatic rings. The maximum atomic E-state index is 13.0. The Labute approximate surface area is 160 Å². The van der Waals surface area contributed by atoms with Gasteiger partial charge in [0.25, 0.3) is 5.91 Å². The molecule has 0 aromatic carbocycles. The fourth-order valence-electron chi connectivity index (χ4n) is 5.08. The van der Waals surface area contributed by atoms with Gasteiger partial charge in [-0.15, -0.1) is 0 Å². The number of carbonyl (C=O) groups excluding carboxylic acids is 1.